The second kappa shape index (κ2) is 38.6. The van der Waals surface area contributed by atoms with Crippen LogP contribution >= 0.6 is 0 Å². The van der Waals surface area contributed by atoms with Crippen LogP contribution in [0.3, 0.4) is 0 Å². The summed E-state index contributed by atoms with van der Waals surface area (Å²) in [6.07, 6.45) is 4.87. The summed E-state index contributed by atoms with van der Waals surface area (Å²) in [7, 11) is 6.52. The minimum absolute atomic E-state index is 0.0887. The molecule has 2 aliphatic rings. The Morgan fingerprint density at radius 1 is 0.742 bits per heavy atom. The molecule has 0 bridgehead atoms. The van der Waals surface area contributed by atoms with E-state index in [1.165, 1.54) is 31.3 Å². The van der Waals surface area contributed by atoms with E-state index in [9.17, 15) is 58.2 Å². The highest BCUT2D eigenvalue weighted by Gasteiger charge is 2.44. The molecule has 10 amide bonds. The number of benzene rings is 2. The van der Waals surface area contributed by atoms with E-state index in [1.54, 1.807) is 74.0 Å². The van der Waals surface area contributed by atoms with Crippen molar-refractivity contribution in [3.05, 3.63) is 77.9 Å². The number of anilines is 1. The lowest BCUT2D eigenvalue weighted by atomic mass is 9.89. The highest BCUT2D eigenvalue weighted by atomic mass is 16.5. The van der Waals surface area contributed by atoms with Gasteiger partial charge in [0.1, 0.15) is 30.4 Å². The van der Waals surface area contributed by atoms with Crippen molar-refractivity contribution in [3.8, 4) is 0 Å². The molecule has 1 unspecified atom stereocenters. The fraction of sp³-hybridized carbons (Fsp3) is 0.647. The van der Waals surface area contributed by atoms with E-state index in [0.717, 1.165) is 11.1 Å². The number of aliphatic carboxylic acids is 1. The average Bonchev–Trinajstić information content (AvgIpc) is 1.83. The standard InChI is InChI=1S/C68H107N11O14/c1-14-44(8)60(52(92-12)40-56(83)78-37-22-26-51(78)61(93-13)45(9)62(84)73-50(67(89)90)39-47-23-17-15-18-24-47)77(11)66(88)58(42(4)5)75-65(87)59(43(6)7)76(10)38-34-46-28-30-48(31-29-46)71-63(85)49(25-21-35-70-68(69)91)72-64(86)57(41(2)3)74-53(80)27-19-16-20-36-79-54(81)32-33-55(79)82/h15,17-18,23-24,28-33,41-45,49-52,54,57-61,81H,14,16,19-22,25-27,34-40H2,1-13H3,(H,71,85)(H,72,86)(H,73,84)(H,74,80)(H,75,87)(H,89,90)(H3,69,70,91)/t44-,45+,49-,50-,51-,52+,54?,57-,58-,59-,60-,61+/m0/s1. The first-order valence-electron chi connectivity index (χ1n) is 32.9. The molecule has 25 nitrogen and oxygen atoms in total. The van der Waals surface area contributed by atoms with Crippen molar-refractivity contribution in [2.75, 3.05) is 59.8 Å². The molecule has 10 N–H and O–H groups in total. The van der Waals surface area contributed by atoms with Gasteiger partial charge >= 0.3 is 12.0 Å². The minimum atomic E-state index is -1.18. The van der Waals surface area contributed by atoms with E-state index < -0.39 is 96.4 Å². The third kappa shape index (κ3) is 23.8. The molecule has 2 aliphatic heterocycles. The molecule has 1 fully saturated rings. The van der Waals surface area contributed by atoms with Crippen LogP contribution in [-0.4, -0.2) is 204 Å². The van der Waals surface area contributed by atoms with Gasteiger partial charge in [0.2, 0.25) is 47.3 Å². The molecule has 0 spiro atoms. The maximum atomic E-state index is 14.9. The summed E-state index contributed by atoms with van der Waals surface area (Å²) in [6, 6.07) is 9.60. The summed E-state index contributed by atoms with van der Waals surface area (Å²) in [6.45, 7) is 18.2. The van der Waals surface area contributed by atoms with Crippen molar-refractivity contribution in [2.24, 2.45) is 35.3 Å². The number of ether oxygens (including phenoxy) is 2. The van der Waals surface area contributed by atoms with Gasteiger partial charge in [0.25, 0.3) is 0 Å². The Balaban J connectivity index is 1.38. The summed E-state index contributed by atoms with van der Waals surface area (Å²) in [5, 5.41) is 36.7. The molecule has 2 heterocycles. The van der Waals surface area contributed by atoms with Crippen molar-refractivity contribution < 1.29 is 67.6 Å². The number of rotatable bonds is 40. The highest BCUT2D eigenvalue weighted by Crippen LogP contribution is 2.30. The molecule has 518 valence electrons. The molecule has 0 aromatic heterocycles. The number of aliphatic hydroxyl groups excluding tert-OH is 1. The Kier molecular flexibility index (Phi) is 32.4. The molecular formula is C68H107N11O14. The van der Waals surface area contributed by atoms with Gasteiger partial charge in [-0.1, -0.05) is 118 Å². The molecule has 0 aliphatic carbocycles. The van der Waals surface area contributed by atoms with Crippen LogP contribution < -0.4 is 37.6 Å². The normalized spacial score (nSPS) is 18.0. The fourth-order valence-electron chi connectivity index (χ4n) is 12.4. The van der Waals surface area contributed by atoms with Gasteiger partial charge in [0, 0.05) is 72.1 Å². The minimum Gasteiger partial charge on any atom is -0.480 e. The quantitative estimate of drug-likeness (QED) is 0.0419. The van der Waals surface area contributed by atoms with Crippen LogP contribution in [0.25, 0.3) is 0 Å². The van der Waals surface area contributed by atoms with Gasteiger partial charge in [-0.25, -0.2) is 9.59 Å². The Morgan fingerprint density at radius 2 is 1.40 bits per heavy atom. The topological polar surface area (TPSA) is 341 Å². The fourth-order valence-corrected chi connectivity index (χ4v) is 12.4. The number of nitrogens with one attached hydrogen (secondary N) is 6. The molecule has 0 radical (unpaired) electrons. The predicted molar refractivity (Wildman–Crippen MR) is 353 cm³/mol. The second-order valence-electron chi connectivity index (χ2n) is 25.9. The molecule has 0 saturated carbocycles. The smallest absolute Gasteiger partial charge is 0.326 e. The number of primary amides is 1. The van der Waals surface area contributed by atoms with E-state index >= 15 is 0 Å². The second-order valence-corrected chi connectivity index (χ2v) is 25.9. The molecule has 2 aromatic carbocycles. The number of unbranched alkanes of at least 4 members (excludes halogenated alkanes) is 2. The van der Waals surface area contributed by atoms with Crippen LogP contribution in [0.1, 0.15) is 138 Å². The number of hydrogen-bond acceptors (Lipinski definition) is 14. The number of amides is 10. The SMILES string of the molecule is CC[C@H](C)[C@@H]([C@@H](CC(=O)N1CCC[C@H]1[C@H](OC)[C@@H](C)C(=O)N[C@@H](Cc1ccccc1)C(=O)O)OC)N(C)C(=O)[C@@H](NC(=O)[C@H](C(C)C)N(C)CCc1ccc(NC(=O)[C@H](CCCNC(N)=O)NC(=O)[C@@H](NC(=O)CCCCCN2C(=O)C=CC2O)C(C)C)cc1)C(C)C. The third-order valence-corrected chi connectivity index (χ3v) is 17.9. The van der Waals surface area contributed by atoms with Gasteiger partial charge in [0.15, 0.2) is 0 Å². The zero-order valence-electron chi connectivity index (χ0n) is 57.0. The van der Waals surface area contributed by atoms with Crippen molar-refractivity contribution in [3.63, 3.8) is 0 Å². The first-order chi connectivity index (χ1) is 44.0. The van der Waals surface area contributed by atoms with Crippen molar-refractivity contribution in [1.82, 2.24) is 46.2 Å². The summed E-state index contributed by atoms with van der Waals surface area (Å²) >= 11 is 0. The van der Waals surface area contributed by atoms with Crippen LogP contribution in [0.4, 0.5) is 10.5 Å². The summed E-state index contributed by atoms with van der Waals surface area (Å²) in [4.78, 5) is 140. The number of nitrogens with two attached hydrogens (primary N) is 1. The van der Waals surface area contributed by atoms with E-state index in [0.29, 0.717) is 76.7 Å². The monoisotopic (exact) mass is 1300 g/mol. The van der Waals surface area contributed by atoms with Crippen LogP contribution in [0.15, 0.2) is 66.7 Å². The number of carbonyl (C=O) groups excluding carboxylic acids is 9. The molecule has 93 heavy (non-hydrogen) atoms. The number of aliphatic hydroxyl groups is 1. The van der Waals surface area contributed by atoms with Gasteiger partial charge in [0.05, 0.1) is 42.7 Å². The van der Waals surface area contributed by atoms with Crippen LogP contribution in [0.5, 0.6) is 0 Å². The average molecular weight is 1300 g/mol. The molecule has 12 atom stereocenters. The maximum Gasteiger partial charge on any atom is 0.326 e. The lowest BCUT2D eigenvalue weighted by Gasteiger charge is -2.41. The molecular weight excluding hydrogens is 1190 g/mol. The lowest BCUT2D eigenvalue weighted by molar-refractivity contribution is -0.148. The number of hydrogen-bond donors (Lipinski definition) is 9. The molecule has 4 rings (SSSR count). The van der Waals surface area contributed by atoms with Gasteiger partial charge in [-0.2, -0.15) is 0 Å². The predicted octanol–water partition coefficient (Wildman–Crippen LogP) is 4.35. The van der Waals surface area contributed by atoms with Gasteiger partial charge in [-0.05, 0) is 105 Å². The Morgan fingerprint density at radius 3 is 1.97 bits per heavy atom. The van der Waals surface area contributed by atoms with Crippen LogP contribution in [0.2, 0.25) is 0 Å². The number of carbonyl (C=O) groups is 10. The highest BCUT2D eigenvalue weighted by molar-refractivity contribution is 5.98. The van der Waals surface area contributed by atoms with Crippen LogP contribution in [0, 0.1) is 29.6 Å². The first kappa shape index (κ1) is 78.0. The van der Waals surface area contributed by atoms with Gasteiger partial charge in [-0.15, -0.1) is 0 Å². The van der Waals surface area contributed by atoms with Gasteiger partial charge in [-0.3, -0.25) is 43.3 Å². The first-order valence-corrected chi connectivity index (χ1v) is 32.9. The molecule has 2 aromatic rings. The van der Waals surface area contributed by atoms with Gasteiger partial charge < -0.3 is 72.0 Å². The van der Waals surface area contributed by atoms with Crippen molar-refractivity contribution in [2.45, 2.75) is 200 Å². The number of likely N-dealkylation sites (tertiary alicyclic amines) is 1. The number of nitrogens with zero attached hydrogens (tertiary/aromatic N) is 4. The lowest BCUT2D eigenvalue weighted by Crippen LogP contribution is -2.60. The van der Waals surface area contributed by atoms with E-state index in [2.05, 4.69) is 31.9 Å². The Bertz CT molecular complexity index is 2800. The summed E-state index contributed by atoms with van der Waals surface area (Å²) in [5.41, 5.74) is 7.37. The summed E-state index contributed by atoms with van der Waals surface area (Å²) in [5.74, 6) is -6.09. The summed E-state index contributed by atoms with van der Waals surface area (Å²) < 4.78 is 12.0. The molecule has 25 heteroatoms. The zero-order chi connectivity index (χ0) is 69.2. The van der Waals surface area contributed by atoms with E-state index in [4.69, 9.17) is 15.2 Å². The number of urea groups is 1. The Hall–Kier alpha value is -7.48. The Labute approximate surface area is 549 Å². The van der Waals surface area contributed by atoms with Crippen LogP contribution in [-0.2, 0) is 65.5 Å². The number of carboxylic acid groups (broad SMARTS) is 1. The largest absolute Gasteiger partial charge is 0.480 e. The number of likely N-dealkylation sites (N-methyl/N-ethyl adjacent to an activating group) is 2. The van der Waals surface area contributed by atoms with Crippen molar-refractivity contribution >= 4 is 64.9 Å². The third-order valence-electron chi connectivity index (χ3n) is 17.9. The molecule has 1 saturated heterocycles. The maximum absolute atomic E-state index is 14.9. The zero-order valence-corrected chi connectivity index (χ0v) is 57.0. The number of methoxy groups -OCH3 is 2. The van der Waals surface area contributed by atoms with E-state index in [-0.39, 0.29) is 85.4 Å². The number of carboxylic acids is 1. The van der Waals surface area contributed by atoms with E-state index in [1.807, 2.05) is 71.7 Å². The van der Waals surface area contributed by atoms with Crippen molar-refractivity contribution in [1.29, 1.82) is 0 Å².